The minimum absolute atomic E-state index is 0.0303. The summed E-state index contributed by atoms with van der Waals surface area (Å²) in [6.07, 6.45) is 1.35. The number of carbonyl (C=O) groups excluding carboxylic acids is 2. The maximum atomic E-state index is 13.0. The Labute approximate surface area is 191 Å². The number of hydrogen-bond donors (Lipinski definition) is 2. The summed E-state index contributed by atoms with van der Waals surface area (Å²) in [6, 6.07) is 28.0. The van der Waals surface area contributed by atoms with Gasteiger partial charge in [-0.15, -0.1) is 0 Å². The summed E-state index contributed by atoms with van der Waals surface area (Å²) >= 11 is 0. The van der Waals surface area contributed by atoms with Crippen LogP contribution in [0, 0.1) is 0 Å². The van der Waals surface area contributed by atoms with Crippen LogP contribution >= 0.6 is 0 Å². The molecule has 0 unspecified atom stereocenters. The van der Waals surface area contributed by atoms with Crippen molar-refractivity contribution < 1.29 is 19.1 Å². The Hall–Kier alpha value is -4.29. The smallest absolute Gasteiger partial charge is 0.281 e. The largest absolute Gasteiger partial charge is 0.455 e. The lowest BCUT2D eigenvalue weighted by Gasteiger charge is -2.26. The summed E-state index contributed by atoms with van der Waals surface area (Å²) in [5.41, 5.74) is 2.70. The third-order valence-electron chi connectivity index (χ3n) is 5.25. The van der Waals surface area contributed by atoms with Gasteiger partial charge in [-0.05, 0) is 36.2 Å². The standard InChI is InChI=1S/C27H22N2O4/c1-19(30)20-9-8-10-21(17-20)25-16-15-24(33-25)18-28-29-26(31)27(32,22-11-4-2-5-12-22)23-13-6-3-7-14-23/h2-18,32H,1H3,(H,29,31)/b28-18+. The first-order valence-electron chi connectivity index (χ1n) is 10.4. The molecule has 0 spiro atoms. The summed E-state index contributed by atoms with van der Waals surface area (Å²) in [5.74, 6) is 0.242. The fourth-order valence-electron chi connectivity index (χ4n) is 3.49. The molecule has 0 bridgehead atoms. The van der Waals surface area contributed by atoms with E-state index in [1.54, 1.807) is 78.9 Å². The van der Waals surface area contributed by atoms with E-state index in [1.807, 2.05) is 18.2 Å². The molecule has 1 amide bonds. The van der Waals surface area contributed by atoms with Crippen molar-refractivity contribution in [3.8, 4) is 11.3 Å². The van der Waals surface area contributed by atoms with E-state index in [9.17, 15) is 14.7 Å². The van der Waals surface area contributed by atoms with Crippen LogP contribution in [0.25, 0.3) is 11.3 Å². The van der Waals surface area contributed by atoms with E-state index in [2.05, 4.69) is 10.5 Å². The first kappa shape index (κ1) is 21.9. The number of aliphatic hydroxyl groups is 1. The van der Waals surface area contributed by atoms with Crippen LogP contribution in [0.3, 0.4) is 0 Å². The molecule has 0 saturated carbocycles. The van der Waals surface area contributed by atoms with Gasteiger partial charge in [0.1, 0.15) is 11.5 Å². The number of hydrogen-bond acceptors (Lipinski definition) is 5. The fraction of sp³-hybridized carbons (Fsp3) is 0.0741. The molecule has 33 heavy (non-hydrogen) atoms. The Morgan fingerprint density at radius 2 is 1.52 bits per heavy atom. The third-order valence-corrected chi connectivity index (χ3v) is 5.25. The first-order chi connectivity index (χ1) is 16.0. The van der Waals surface area contributed by atoms with Crippen LogP contribution in [0.1, 0.15) is 34.2 Å². The quantitative estimate of drug-likeness (QED) is 0.252. The maximum Gasteiger partial charge on any atom is 0.281 e. The minimum atomic E-state index is -1.92. The molecule has 1 aromatic heterocycles. The van der Waals surface area contributed by atoms with Crippen molar-refractivity contribution in [3.05, 3.63) is 120 Å². The lowest BCUT2D eigenvalue weighted by Crippen LogP contribution is -2.43. The second kappa shape index (κ2) is 9.46. The highest BCUT2D eigenvalue weighted by atomic mass is 16.3. The number of carbonyl (C=O) groups is 2. The summed E-state index contributed by atoms with van der Waals surface area (Å²) in [7, 11) is 0. The van der Waals surface area contributed by atoms with Gasteiger partial charge >= 0.3 is 0 Å². The van der Waals surface area contributed by atoms with E-state index in [-0.39, 0.29) is 5.78 Å². The van der Waals surface area contributed by atoms with Crippen LogP contribution in [0.2, 0.25) is 0 Å². The summed E-state index contributed by atoms with van der Waals surface area (Å²) in [5, 5.41) is 15.4. The number of amides is 1. The van der Waals surface area contributed by atoms with Gasteiger partial charge in [-0.1, -0.05) is 78.9 Å². The van der Waals surface area contributed by atoms with Gasteiger partial charge in [0.2, 0.25) is 0 Å². The molecule has 0 aliphatic heterocycles. The number of benzene rings is 3. The number of ketones is 1. The number of rotatable bonds is 7. The number of Topliss-reactive ketones (excluding diaryl/α,β-unsaturated/α-hetero) is 1. The zero-order valence-corrected chi connectivity index (χ0v) is 17.9. The average Bonchev–Trinajstić information content (AvgIpc) is 3.33. The van der Waals surface area contributed by atoms with Crippen LogP contribution in [0.15, 0.2) is 107 Å². The molecule has 2 N–H and O–H groups in total. The molecule has 0 aliphatic rings. The predicted molar refractivity (Wildman–Crippen MR) is 126 cm³/mol. The highest BCUT2D eigenvalue weighted by molar-refractivity contribution is 5.95. The van der Waals surface area contributed by atoms with E-state index in [0.717, 1.165) is 5.56 Å². The molecule has 1 heterocycles. The molecule has 0 fully saturated rings. The van der Waals surface area contributed by atoms with Gasteiger partial charge in [-0.25, -0.2) is 5.43 Å². The summed E-state index contributed by atoms with van der Waals surface area (Å²) in [6.45, 7) is 1.51. The van der Waals surface area contributed by atoms with Gasteiger partial charge < -0.3 is 9.52 Å². The van der Waals surface area contributed by atoms with E-state index in [1.165, 1.54) is 13.1 Å². The number of nitrogens with one attached hydrogen (secondary N) is 1. The zero-order valence-electron chi connectivity index (χ0n) is 17.9. The molecule has 0 aliphatic carbocycles. The second-order valence-corrected chi connectivity index (χ2v) is 7.48. The first-order valence-corrected chi connectivity index (χ1v) is 10.4. The van der Waals surface area contributed by atoms with Crippen LogP contribution in [-0.4, -0.2) is 23.0 Å². The Morgan fingerprint density at radius 1 is 0.879 bits per heavy atom. The predicted octanol–water partition coefficient (Wildman–Crippen LogP) is 4.54. The Morgan fingerprint density at radius 3 is 2.12 bits per heavy atom. The SMILES string of the molecule is CC(=O)c1cccc(-c2ccc(/C=N/NC(=O)C(O)(c3ccccc3)c3ccccc3)o2)c1. The van der Waals surface area contributed by atoms with Crippen molar-refractivity contribution in [2.75, 3.05) is 0 Å². The van der Waals surface area contributed by atoms with Gasteiger partial charge in [0.05, 0.1) is 6.21 Å². The maximum absolute atomic E-state index is 13.0. The van der Waals surface area contributed by atoms with Crippen LogP contribution in [0.4, 0.5) is 0 Å². The zero-order chi connectivity index (χ0) is 23.3. The number of furan rings is 1. The Bertz CT molecular complexity index is 1250. The van der Waals surface area contributed by atoms with Crippen molar-refractivity contribution in [2.45, 2.75) is 12.5 Å². The molecular weight excluding hydrogens is 416 g/mol. The van der Waals surface area contributed by atoms with Gasteiger partial charge in [0.15, 0.2) is 11.4 Å². The molecule has 4 aromatic rings. The van der Waals surface area contributed by atoms with E-state index in [0.29, 0.717) is 28.2 Å². The highest BCUT2D eigenvalue weighted by Gasteiger charge is 2.39. The van der Waals surface area contributed by atoms with Crippen molar-refractivity contribution in [3.63, 3.8) is 0 Å². The van der Waals surface area contributed by atoms with Crippen molar-refractivity contribution >= 4 is 17.9 Å². The Balaban J connectivity index is 1.54. The van der Waals surface area contributed by atoms with E-state index in [4.69, 9.17) is 4.42 Å². The monoisotopic (exact) mass is 438 g/mol. The Kier molecular flexibility index (Phi) is 6.29. The van der Waals surface area contributed by atoms with Crippen LogP contribution in [-0.2, 0) is 10.4 Å². The molecule has 3 aromatic carbocycles. The van der Waals surface area contributed by atoms with Crippen molar-refractivity contribution in [1.29, 1.82) is 0 Å². The van der Waals surface area contributed by atoms with E-state index >= 15 is 0 Å². The van der Waals surface area contributed by atoms with E-state index < -0.39 is 11.5 Å². The summed E-state index contributed by atoms with van der Waals surface area (Å²) in [4.78, 5) is 24.7. The molecule has 0 saturated heterocycles. The second-order valence-electron chi connectivity index (χ2n) is 7.48. The lowest BCUT2D eigenvalue weighted by molar-refractivity contribution is -0.136. The fourth-order valence-corrected chi connectivity index (χ4v) is 3.49. The van der Waals surface area contributed by atoms with Crippen molar-refractivity contribution in [2.24, 2.45) is 5.10 Å². The average molecular weight is 438 g/mol. The molecule has 0 radical (unpaired) electrons. The van der Waals surface area contributed by atoms with Gasteiger partial charge in [-0.2, -0.15) is 5.10 Å². The molecule has 6 heteroatoms. The van der Waals surface area contributed by atoms with Gasteiger partial charge in [0, 0.05) is 11.1 Å². The van der Waals surface area contributed by atoms with Gasteiger partial charge in [-0.3, -0.25) is 9.59 Å². The molecule has 6 nitrogen and oxygen atoms in total. The third kappa shape index (κ3) is 4.66. The minimum Gasteiger partial charge on any atom is -0.455 e. The molecule has 4 rings (SSSR count). The van der Waals surface area contributed by atoms with Crippen LogP contribution in [0.5, 0.6) is 0 Å². The van der Waals surface area contributed by atoms with Crippen LogP contribution < -0.4 is 5.43 Å². The van der Waals surface area contributed by atoms with Gasteiger partial charge in [0.25, 0.3) is 5.91 Å². The number of nitrogens with zero attached hydrogens (tertiary/aromatic N) is 1. The van der Waals surface area contributed by atoms with Crippen molar-refractivity contribution in [1.82, 2.24) is 5.43 Å². The summed E-state index contributed by atoms with van der Waals surface area (Å²) < 4.78 is 5.77. The molecular formula is C27H22N2O4. The topological polar surface area (TPSA) is 91.9 Å². The normalized spacial score (nSPS) is 11.5. The highest BCUT2D eigenvalue weighted by Crippen LogP contribution is 2.30. The molecule has 164 valence electrons. The number of hydrazone groups is 1. The lowest BCUT2D eigenvalue weighted by atomic mass is 9.85. The molecule has 0 atom stereocenters.